The van der Waals surface area contributed by atoms with E-state index in [9.17, 15) is 19.5 Å². The number of alkyl carbamates (subject to hydrolysis) is 1. The summed E-state index contributed by atoms with van der Waals surface area (Å²) in [5.74, 6) is -0.786. The third-order valence-electron chi connectivity index (χ3n) is 5.58. The van der Waals surface area contributed by atoms with Crippen molar-refractivity contribution in [2.24, 2.45) is 0 Å². The van der Waals surface area contributed by atoms with Crippen LogP contribution in [0.2, 0.25) is 0 Å². The average Bonchev–Trinajstić information content (AvgIpc) is 2.64. The fraction of sp³-hybridized carbons (Fsp3) is 0.640. The minimum atomic E-state index is -1.22. The van der Waals surface area contributed by atoms with Gasteiger partial charge in [-0.1, -0.05) is 23.8 Å². The Morgan fingerprint density at radius 3 is 2.27 bits per heavy atom. The second-order valence-corrected chi connectivity index (χ2v) is 10.1. The average molecular weight is 462 g/mol. The molecule has 1 aliphatic carbocycles. The Morgan fingerprint density at radius 2 is 1.79 bits per heavy atom. The summed E-state index contributed by atoms with van der Waals surface area (Å²) < 4.78 is 5.27. The smallest absolute Gasteiger partial charge is 0.408 e. The van der Waals surface area contributed by atoms with Gasteiger partial charge in [0, 0.05) is 12.1 Å². The first-order chi connectivity index (χ1) is 15.3. The Morgan fingerprint density at radius 1 is 1.15 bits per heavy atom. The largest absolute Gasteiger partial charge is 0.444 e. The lowest BCUT2D eigenvalue weighted by atomic mass is 9.87. The van der Waals surface area contributed by atoms with Crippen molar-refractivity contribution >= 4 is 17.9 Å². The first-order valence-electron chi connectivity index (χ1n) is 11.6. The zero-order valence-corrected chi connectivity index (χ0v) is 20.9. The molecule has 3 amide bonds. The maximum atomic E-state index is 13.7. The maximum absolute atomic E-state index is 13.7. The van der Waals surface area contributed by atoms with Crippen LogP contribution in [0.25, 0.3) is 0 Å². The van der Waals surface area contributed by atoms with Gasteiger partial charge in [-0.15, -0.1) is 0 Å². The van der Waals surface area contributed by atoms with Gasteiger partial charge in [-0.25, -0.2) is 4.79 Å². The predicted octanol–water partition coefficient (Wildman–Crippen LogP) is 3.14. The molecule has 1 aromatic carbocycles. The van der Waals surface area contributed by atoms with Gasteiger partial charge in [0.2, 0.25) is 11.8 Å². The highest BCUT2D eigenvalue weighted by atomic mass is 16.6. The van der Waals surface area contributed by atoms with Crippen molar-refractivity contribution in [3.63, 3.8) is 0 Å². The number of nitrogens with one attached hydrogen (secondary N) is 2. The molecule has 1 aliphatic rings. The highest BCUT2D eigenvalue weighted by molar-refractivity contribution is 5.92. The topological polar surface area (TPSA) is 108 Å². The zero-order chi connectivity index (χ0) is 24.9. The SMILES string of the molecule is Cc1ccc(C)c(C(C(=O)NC(C)C)N(C(=O)C(CO)NC(=O)OC(C)(C)C)C2CCC2)c1. The monoisotopic (exact) mass is 461 g/mol. The van der Waals surface area contributed by atoms with Gasteiger partial charge < -0.3 is 25.4 Å². The first-order valence-corrected chi connectivity index (χ1v) is 11.6. The molecule has 184 valence electrons. The number of aliphatic hydroxyl groups is 1. The number of nitrogens with zero attached hydrogens (tertiary/aromatic N) is 1. The molecule has 3 N–H and O–H groups in total. The van der Waals surface area contributed by atoms with Crippen molar-refractivity contribution < 1.29 is 24.2 Å². The molecule has 0 aliphatic heterocycles. The summed E-state index contributed by atoms with van der Waals surface area (Å²) in [6, 6.07) is 3.46. The number of aliphatic hydroxyl groups excluding tert-OH is 1. The third kappa shape index (κ3) is 7.19. The van der Waals surface area contributed by atoms with Crippen molar-refractivity contribution in [3.05, 3.63) is 34.9 Å². The van der Waals surface area contributed by atoms with Crippen LogP contribution in [0.1, 0.15) is 76.6 Å². The molecular formula is C25H39N3O5. The van der Waals surface area contributed by atoms with Crippen LogP contribution in [0, 0.1) is 13.8 Å². The van der Waals surface area contributed by atoms with Crippen LogP contribution >= 0.6 is 0 Å². The highest BCUT2D eigenvalue weighted by Gasteiger charge is 2.42. The van der Waals surface area contributed by atoms with Gasteiger partial charge in [-0.05, 0) is 78.9 Å². The van der Waals surface area contributed by atoms with Crippen molar-refractivity contribution in [2.75, 3.05) is 6.61 Å². The van der Waals surface area contributed by atoms with Gasteiger partial charge in [0.15, 0.2) is 0 Å². The Labute approximate surface area is 197 Å². The Kier molecular flexibility index (Phi) is 8.89. The van der Waals surface area contributed by atoms with E-state index in [-0.39, 0.29) is 18.0 Å². The minimum Gasteiger partial charge on any atom is -0.444 e. The maximum Gasteiger partial charge on any atom is 0.408 e. The third-order valence-corrected chi connectivity index (χ3v) is 5.58. The summed E-state index contributed by atoms with van der Waals surface area (Å²) in [6.45, 7) is 12.1. The summed E-state index contributed by atoms with van der Waals surface area (Å²) >= 11 is 0. The molecule has 2 rings (SSSR count). The van der Waals surface area contributed by atoms with E-state index in [2.05, 4.69) is 10.6 Å². The van der Waals surface area contributed by atoms with Gasteiger partial charge in [-0.2, -0.15) is 0 Å². The van der Waals surface area contributed by atoms with Crippen LogP contribution in [0.15, 0.2) is 18.2 Å². The van der Waals surface area contributed by atoms with E-state index in [4.69, 9.17) is 4.74 Å². The van der Waals surface area contributed by atoms with E-state index < -0.39 is 36.3 Å². The Bertz CT molecular complexity index is 858. The highest BCUT2D eigenvalue weighted by Crippen LogP contribution is 2.35. The molecule has 0 aromatic heterocycles. The van der Waals surface area contributed by atoms with Crippen LogP contribution in [0.3, 0.4) is 0 Å². The number of carbonyl (C=O) groups is 3. The molecular weight excluding hydrogens is 422 g/mol. The molecule has 0 bridgehead atoms. The Hall–Kier alpha value is -2.61. The van der Waals surface area contributed by atoms with Crippen LogP contribution in [0.4, 0.5) is 4.79 Å². The molecule has 0 saturated heterocycles. The van der Waals surface area contributed by atoms with E-state index in [1.54, 1.807) is 25.7 Å². The molecule has 2 atom stereocenters. The second-order valence-electron chi connectivity index (χ2n) is 10.1. The van der Waals surface area contributed by atoms with Crippen molar-refractivity contribution in [3.8, 4) is 0 Å². The lowest BCUT2D eigenvalue weighted by Crippen LogP contribution is -2.58. The number of hydrogen-bond acceptors (Lipinski definition) is 5. The number of ether oxygens (including phenoxy) is 1. The summed E-state index contributed by atoms with van der Waals surface area (Å²) in [5, 5.41) is 15.4. The van der Waals surface area contributed by atoms with Gasteiger partial charge in [0.1, 0.15) is 17.7 Å². The van der Waals surface area contributed by atoms with Crippen LogP contribution < -0.4 is 10.6 Å². The number of aryl methyl sites for hydroxylation is 2. The standard InChI is InChI=1S/C25H39N3O5/c1-15(2)26-22(30)21(19-13-16(3)11-12-17(19)4)28(18-9-8-10-18)23(31)20(14-29)27-24(32)33-25(5,6)7/h11-13,15,18,20-21,29H,8-10,14H2,1-7H3,(H,26,30)(H,27,32). The molecule has 8 heteroatoms. The molecule has 0 spiro atoms. The molecule has 33 heavy (non-hydrogen) atoms. The van der Waals surface area contributed by atoms with Crippen LogP contribution in [-0.4, -0.2) is 58.2 Å². The zero-order valence-electron chi connectivity index (χ0n) is 20.9. The summed E-state index contributed by atoms with van der Waals surface area (Å²) in [5.41, 5.74) is 1.85. The molecule has 1 aromatic rings. The fourth-order valence-corrected chi connectivity index (χ4v) is 3.83. The van der Waals surface area contributed by atoms with Crippen molar-refractivity contribution in [1.82, 2.24) is 15.5 Å². The van der Waals surface area contributed by atoms with Gasteiger partial charge in [-0.3, -0.25) is 9.59 Å². The predicted molar refractivity (Wildman–Crippen MR) is 127 cm³/mol. The number of rotatable bonds is 8. The van der Waals surface area contributed by atoms with E-state index in [1.807, 2.05) is 45.9 Å². The molecule has 8 nitrogen and oxygen atoms in total. The van der Waals surface area contributed by atoms with E-state index in [1.165, 1.54) is 0 Å². The summed E-state index contributed by atoms with van der Waals surface area (Å²) in [4.78, 5) is 41.1. The quantitative estimate of drug-likeness (QED) is 0.551. The molecule has 1 saturated carbocycles. The van der Waals surface area contributed by atoms with E-state index in [0.717, 1.165) is 36.0 Å². The molecule has 1 fully saturated rings. The van der Waals surface area contributed by atoms with Gasteiger partial charge in [0.25, 0.3) is 0 Å². The van der Waals surface area contributed by atoms with Gasteiger partial charge >= 0.3 is 6.09 Å². The lowest BCUT2D eigenvalue weighted by Gasteiger charge is -2.44. The number of benzene rings is 1. The van der Waals surface area contributed by atoms with Crippen molar-refractivity contribution in [2.45, 2.75) is 97.5 Å². The van der Waals surface area contributed by atoms with Crippen LogP contribution in [-0.2, 0) is 14.3 Å². The second kappa shape index (κ2) is 11.0. The summed E-state index contributed by atoms with van der Waals surface area (Å²) in [7, 11) is 0. The number of carbonyl (C=O) groups excluding carboxylic acids is 3. The lowest BCUT2D eigenvalue weighted by molar-refractivity contribution is -0.148. The Balaban J connectivity index is 2.47. The van der Waals surface area contributed by atoms with E-state index >= 15 is 0 Å². The first kappa shape index (κ1) is 26.6. The van der Waals surface area contributed by atoms with Crippen LogP contribution in [0.5, 0.6) is 0 Å². The molecule has 2 unspecified atom stereocenters. The number of hydrogen-bond donors (Lipinski definition) is 3. The normalized spacial score (nSPS) is 15.9. The fourth-order valence-electron chi connectivity index (χ4n) is 3.83. The van der Waals surface area contributed by atoms with E-state index in [0.29, 0.717) is 0 Å². The summed E-state index contributed by atoms with van der Waals surface area (Å²) in [6.07, 6.45) is 1.67. The van der Waals surface area contributed by atoms with Crippen molar-refractivity contribution in [1.29, 1.82) is 0 Å². The number of amides is 3. The van der Waals surface area contributed by atoms with Gasteiger partial charge in [0.05, 0.1) is 6.61 Å². The molecule has 0 radical (unpaired) electrons. The minimum absolute atomic E-state index is 0.114. The molecule has 0 heterocycles.